The number of benzene rings is 1. The van der Waals surface area contributed by atoms with E-state index in [4.69, 9.17) is 9.97 Å². The van der Waals surface area contributed by atoms with Crippen molar-refractivity contribution in [2.75, 3.05) is 56.0 Å². The number of pyridine rings is 1. The molecule has 9 nitrogen and oxygen atoms in total. The smallest absolute Gasteiger partial charge is 0.225 e. The second-order valence-electron chi connectivity index (χ2n) is 10.5. The van der Waals surface area contributed by atoms with Crippen LogP contribution in [0, 0.1) is 5.92 Å². The molecule has 2 saturated heterocycles. The minimum absolute atomic E-state index is 0.615. The molecule has 5 heterocycles. The zero-order chi connectivity index (χ0) is 27.3. The van der Waals surface area contributed by atoms with Gasteiger partial charge in [0.2, 0.25) is 11.9 Å². The zero-order valence-corrected chi connectivity index (χ0v) is 23.9. The van der Waals surface area contributed by atoms with Gasteiger partial charge in [-0.1, -0.05) is 24.3 Å². The van der Waals surface area contributed by atoms with Crippen LogP contribution in [0.5, 0.6) is 0 Å². The van der Waals surface area contributed by atoms with Crippen LogP contribution < -0.4 is 20.4 Å². The van der Waals surface area contributed by atoms with Crippen LogP contribution in [0.4, 0.5) is 11.9 Å². The lowest BCUT2D eigenvalue weighted by Gasteiger charge is -2.32. The average molecular weight is 554 g/mol. The molecule has 3 aromatic heterocycles. The van der Waals surface area contributed by atoms with Gasteiger partial charge < -0.3 is 20.4 Å². The minimum Gasteiger partial charge on any atom is -0.347 e. The average Bonchev–Trinajstić information content (AvgIpc) is 3.50. The van der Waals surface area contributed by atoms with Crippen LogP contribution >= 0.6 is 11.8 Å². The molecule has 1 aromatic carbocycles. The molecule has 0 amide bonds. The second-order valence-corrected chi connectivity index (χ2v) is 11.6. The topological polar surface area (TPSA) is 95.0 Å². The highest BCUT2D eigenvalue weighted by Gasteiger charge is 2.21. The van der Waals surface area contributed by atoms with E-state index in [2.05, 4.69) is 66.9 Å². The first kappa shape index (κ1) is 26.6. The summed E-state index contributed by atoms with van der Waals surface area (Å²) in [7, 11) is 3.88. The highest BCUT2D eigenvalue weighted by molar-refractivity contribution is 8.03. The lowest BCUT2D eigenvalue weighted by Crippen LogP contribution is -2.38. The molecule has 0 spiro atoms. The standard InChI is InChI=1S/C30H35N9S/c1-38(2)29-34-16-23(17-35-29)27-13-22-5-3-4-6-26(22)28(37-27)19-31-15-21-8-11-39(12-9-21)30-33-10-7-24(36-30)14-25-18-32-20-40-25/h3-7,10,13-14,16-17,21,31-32H,8-9,11-12,15,18-20H2,1-2H3. The molecule has 10 heteroatoms. The Labute approximate surface area is 239 Å². The van der Waals surface area contributed by atoms with Crippen molar-refractivity contribution in [3.8, 4) is 11.3 Å². The third kappa shape index (κ3) is 6.24. The molecular formula is C30H35N9S. The predicted molar refractivity (Wildman–Crippen MR) is 164 cm³/mol. The molecule has 2 aliphatic heterocycles. The Kier molecular flexibility index (Phi) is 8.17. The van der Waals surface area contributed by atoms with Gasteiger partial charge in [0.05, 0.1) is 17.1 Å². The molecule has 0 bridgehead atoms. The Morgan fingerprint density at radius 1 is 1.07 bits per heavy atom. The van der Waals surface area contributed by atoms with Crippen molar-refractivity contribution in [2.45, 2.75) is 19.4 Å². The van der Waals surface area contributed by atoms with Gasteiger partial charge in [0.25, 0.3) is 0 Å². The number of hydrogen-bond acceptors (Lipinski definition) is 10. The fraction of sp³-hybridized carbons (Fsp3) is 0.367. The number of nitrogens with zero attached hydrogens (tertiary/aromatic N) is 7. The molecule has 0 saturated carbocycles. The van der Waals surface area contributed by atoms with Gasteiger partial charge in [-0.3, -0.25) is 4.98 Å². The van der Waals surface area contributed by atoms with Gasteiger partial charge in [0, 0.05) is 80.6 Å². The zero-order valence-electron chi connectivity index (χ0n) is 23.0. The molecule has 0 atom stereocenters. The Morgan fingerprint density at radius 3 is 2.67 bits per heavy atom. The van der Waals surface area contributed by atoms with Crippen molar-refractivity contribution in [3.63, 3.8) is 0 Å². The second kappa shape index (κ2) is 12.3. The minimum atomic E-state index is 0.615. The molecule has 206 valence electrons. The highest BCUT2D eigenvalue weighted by atomic mass is 32.2. The summed E-state index contributed by atoms with van der Waals surface area (Å²) in [5.41, 5.74) is 3.86. The van der Waals surface area contributed by atoms with Crippen LogP contribution in [-0.4, -0.2) is 71.1 Å². The molecule has 6 rings (SSSR count). The van der Waals surface area contributed by atoms with E-state index in [-0.39, 0.29) is 0 Å². The summed E-state index contributed by atoms with van der Waals surface area (Å²) in [6, 6.07) is 12.6. The van der Waals surface area contributed by atoms with Crippen LogP contribution in [0.2, 0.25) is 0 Å². The first-order valence-corrected chi connectivity index (χ1v) is 14.8. The van der Waals surface area contributed by atoms with E-state index in [1.807, 2.05) is 55.4 Å². The molecule has 2 fully saturated rings. The monoisotopic (exact) mass is 553 g/mol. The van der Waals surface area contributed by atoms with Gasteiger partial charge in [-0.2, -0.15) is 0 Å². The van der Waals surface area contributed by atoms with Gasteiger partial charge in [0.1, 0.15) is 0 Å². The van der Waals surface area contributed by atoms with E-state index in [9.17, 15) is 0 Å². The summed E-state index contributed by atoms with van der Waals surface area (Å²) in [6.07, 6.45) is 9.99. The number of hydrogen-bond donors (Lipinski definition) is 2. The number of nitrogens with one attached hydrogen (secondary N) is 2. The van der Waals surface area contributed by atoms with Crippen LogP contribution in [0.15, 0.2) is 59.9 Å². The van der Waals surface area contributed by atoms with Crippen molar-refractivity contribution in [1.29, 1.82) is 0 Å². The summed E-state index contributed by atoms with van der Waals surface area (Å²) in [5.74, 6) is 3.12. The first-order valence-electron chi connectivity index (χ1n) is 13.8. The summed E-state index contributed by atoms with van der Waals surface area (Å²) in [6.45, 7) is 4.56. The Bertz CT molecular complexity index is 1470. The summed E-state index contributed by atoms with van der Waals surface area (Å²) < 4.78 is 0. The molecule has 0 radical (unpaired) electrons. The Balaban J connectivity index is 1.07. The van der Waals surface area contributed by atoms with Crippen molar-refractivity contribution in [3.05, 3.63) is 71.3 Å². The molecular weight excluding hydrogens is 518 g/mol. The number of piperidine rings is 1. The SMILES string of the molecule is CN(C)c1ncc(-c2cc3ccccc3c(CNCC3CCN(c4nccc(C=C5CNCS5)n4)CC3)n2)cn1. The van der Waals surface area contributed by atoms with Gasteiger partial charge in [-0.15, -0.1) is 11.8 Å². The van der Waals surface area contributed by atoms with E-state index in [0.29, 0.717) is 11.9 Å². The van der Waals surface area contributed by atoms with Crippen molar-refractivity contribution >= 4 is 40.5 Å². The van der Waals surface area contributed by atoms with Crippen molar-refractivity contribution in [1.82, 2.24) is 35.6 Å². The Morgan fingerprint density at radius 2 is 1.90 bits per heavy atom. The third-order valence-electron chi connectivity index (χ3n) is 7.41. The molecule has 0 unspecified atom stereocenters. The first-order chi connectivity index (χ1) is 19.6. The molecule has 2 aliphatic rings. The maximum absolute atomic E-state index is 5.03. The molecule has 40 heavy (non-hydrogen) atoms. The van der Waals surface area contributed by atoms with Crippen molar-refractivity contribution < 1.29 is 0 Å². The quantitative estimate of drug-likeness (QED) is 0.331. The van der Waals surface area contributed by atoms with Gasteiger partial charge in [-0.25, -0.2) is 19.9 Å². The predicted octanol–water partition coefficient (Wildman–Crippen LogP) is 4.19. The summed E-state index contributed by atoms with van der Waals surface area (Å²) in [5, 5.41) is 9.41. The lowest BCUT2D eigenvalue weighted by molar-refractivity contribution is 0.379. The number of aromatic nitrogens is 5. The maximum atomic E-state index is 5.03. The van der Waals surface area contributed by atoms with E-state index in [1.165, 1.54) is 15.7 Å². The lowest BCUT2D eigenvalue weighted by atomic mass is 9.97. The number of rotatable bonds is 8. The van der Waals surface area contributed by atoms with E-state index in [0.717, 1.165) is 80.0 Å². The van der Waals surface area contributed by atoms with E-state index in [1.54, 1.807) is 0 Å². The summed E-state index contributed by atoms with van der Waals surface area (Å²) in [4.78, 5) is 28.9. The van der Waals surface area contributed by atoms with Crippen LogP contribution in [0.3, 0.4) is 0 Å². The van der Waals surface area contributed by atoms with Crippen LogP contribution in [-0.2, 0) is 6.54 Å². The molecule has 2 N–H and O–H groups in total. The number of fused-ring (bicyclic) bond motifs is 1. The molecule has 0 aliphatic carbocycles. The number of thioether (sulfide) groups is 1. The fourth-order valence-corrected chi connectivity index (χ4v) is 5.99. The van der Waals surface area contributed by atoms with Gasteiger partial charge in [-0.05, 0) is 48.9 Å². The maximum Gasteiger partial charge on any atom is 0.225 e. The van der Waals surface area contributed by atoms with Crippen LogP contribution in [0.1, 0.15) is 24.2 Å². The summed E-state index contributed by atoms with van der Waals surface area (Å²) >= 11 is 1.84. The largest absolute Gasteiger partial charge is 0.347 e. The van der Waals surface area contributed by atoms with Crippen LogP contribution in [0.25, 0.3) is 28.1 Å². The fourth-order valence-electron chi connectivity index (χ4n) is 5.19. The molecule has 4 aromatic rings. The van der Waals surface area contributed by atoms with E-state index < -0.39 is 0 Å². The van der Waals surface area contributed by atoms with Gasteiger partial charge in [0.15, 0.2) is 0 Å². The van der Waals surface area contributed by atoms with Crippen molar-refractivity contribution in [2.24, 2.45) is 5.92 Å². The Hall–Kier alpha value is -3.60. The van der Waals surface area contributed by atoms with E-state index >= 15 is 0 Å². The highest BCUT2D eigenvalue weighted by Crippen LogP contribution is 2.26. The number of anilines is 2. The third-order valence-corrected chi connectivity index (χ3v) is 8.39. The normalized spacial score (nSPS) is 17.1. The van der Waals surface area contributed by atoms with Gasteiger partial charge >= 0.3 is 0 Å².